The van der Waals surface area contributed by atoms with Crippen LogP contribution in [0.25, 0.3) is 0 Å². The monoisotopic (exact) mass is 554 g/mol. The maximum Gasteiger partial charge on any atom is 0.490 e. The van der Waals surface area contributed by atoms with Gasteiger partial charge in [-0.1, -0.05) is 32.0 Å². The second-order valence-electron chi connectivity index (χ2n) is 11.8. The molecular formula is C29H45F3N4O3. The number of carboxylic acid groups (broad SMARTS) is 1. The fraction of sp³-hybridized carbons (Fsp3) is 0.724. The summed E-state index contributed by atoms with van der Waals surface area (Å²) in [6.45, 7) is 9.47. The molecule has 0 radical (unpaired) electrons. The third-order valence-corrected chi connectivity index (χ3v) is 8.68. The molecule has 2 aliphatic heterocycles. The van der Waals surface area contributed by atoms with Crippen LogP contribution in [0, 0.1) is 11.8 Å². The van der Waals surface area contributed by atoms with Gasteiger partial charge in [0.25, 0.3) is 0 Å². The van der Waals surface area contributed by atoms with Crippen LogP contribution in [0.1, 0.15) is 58.8 Å². The lowest BCUT2D eigenvalue weighted by Gasteiger charge is -2.47. The molecule has 0 aromatic heterocycles. The molecule has 2 saturated heterocycles. The Bertz CT molecular complexity index is 925. The third kappa shape index (κ3) is 7.87. The predicted molar refractivity (Wildman–Crippen MR) is 146 cm³/mol. The first-order valence-corrected chi connectivity index (χ1v) is 14.2. The average molecular weight is 555 g/mol. The quantitative estimate of drug-likeness (QED) is 0.516. The molecule has 0 bridgehead atoms. The van der Waals surface area contributed by atoms with Gasteiger partial charge in [-0.05, 0) is 89.6 Å². The van der Waals surface area contributed by atoms with Crippen molar-refractivity contribution in [1.82, 2.24) is 14.7 Å². The van der Waals surface area contributed by atoms with Gasteiger partial charge in [0.15, 0.2) is 0 Å². The van der Waals surface area contributed by atoms with Gasteiger partial charge >= 0.3 is 12.1 Å². The number of carbonyl (C=O) groups is 2. The van der Waals surface area contributed by atoms with E-state index in [1.54, 1.807) is 0 Å². The number of alkyl halides is 3. The number of aliphatic carboxylic acids is 1. The Morgan fingerprint density at radius 3 is 2.13 bits per heavy atom. The zero-order chi connectivity index (χ0) is 28.8. The van der Waals surface area contributed by atoms with Crippen molar-refractivity contribution in [2.75, 3.05) is 51.8 Å². The summed E-state index contributed by atoms with van der Waals surface area (Å²) in [5, 5.41) is 7.12. The van der Waals surface area contributed by atoms with Crippen molar-refractivity contribution in [3.05, 3.63) is 30.3 Å². The lowest BCUT2D eigenvalue weighted by atomic mass is 9.78. The van der Waals surface area contributed by atoms with Gasteiger partial charge in [0.1, 0.15) is 5.54 Å². The molecule has 10 heteroatoms. The van der Waals surface area contributed by atoms with E-state index in [9.17, 15) is 18.0 Å². The van der Waals surface area contributed by atoms with Gasteiger partial charge in [-0.2, -0.15) is 13.2 Å². The molecule has 1 aromatic rings. The summed E-state index contributed by atoms with van der Waals surface area (Å²) in [6, 6.07) is 11.4. The van der Waals surface area contributed by atoms with E-state index in [1.165, 1.54) is 31.4 Å². The van der Waals surface area contributed by atoms with Crippen molar-refractivity contribution in [3.63, 3.8) is 0 Å². The van der Waals surface area contributed by atoms with Gasteiger partial charge in [-0.15, -0.1) is 0 Å². The Labute approximate surface area is 230 Å². The van der Waals surface area contributed by atoms with Crippen LogP contribution in [-0.2, 0) is 9.59 Å². The minimum Gasteiger partial charge on any atom is -0.475 e. The first kappa shape index (κ1) is 31.2. The third-order valence-electron chi connectivity index (χ3n) is 8.68. The molecule has 0 atom stereocenters. The molecule has 0 unspecified atom stereocenters. The van der Waals surface area contributed by atoms with Crippen molar-refractivity contribution in [3.8, 4) is 0 Å². The van der Waals surface area contributed by atoms with Crippen LogP contribution in [0.4, 0.5) is 18.9 Å². The highest BCUT2D eigenvalue weighted by Gasteiger charge is 2.54. The number of likely N-dealkylation sites (tertiary alicyclic amines) is 1. The fourth-order valence-corrected chi connectivity index (χ4v) is 6.34. The van der Waals surface area contributed by atoms with Crippen molar-refractivity contribution < 1.29 is 27.9 Å². The van der Waals surface area contributed by atoms with Crippen LogP contribution in [-0.4, -0.2) is 96.4 Å². The van der Waals surface area contributed by atoms with Crippen molar-refractivity contribution in [1.29, 1.82) is 0 Å². The number of rotatable bonds is 7. The lowest BCUT2D eigenvalue weighted by Crippen LogP contribution is -2.58. The number of carbonyl (C=O) groups excluding carboxylic acids is 1. The normalized spacial score (nSPS) is 23.9. The van der Waals surface area contributed by atoms with E-state index < -0.39 is 12.1 Å². The number of hydrogen-bond donors (Lipinski definition) is 1. The topological polar surface area (TPSA) is 67.3 Å². The number of para-hydroxylation sites is 1. The van der Waals surface area contributed by atoms with Crippen LogP contribution < -0.4 is 4.90 Å². The molecule has 3 aliphatic rings. The molecule has 4 rings (SSSR count). The lowest BCUT2D eigenvalue weighted by molar-refractivity contribution is -0.192. The molecule has 1 aliphatic carbocycles. The number of benzene rings is 1. The molecule has 1 saturated carbocycles. The Morgan fingerprint density at radius 1 is 1.08 bits per heavy atom. The largest absolute Gasteiger partial charge is 0.490 e. The van der Waals surface area contributed by atoms with Gasteiger partial charge in [0.05, 0.1) is 6.67 Å². The molecule has 3 fully saturated rings. The smallest absolute Gasteiger partial charge is 0.475 e. The molecular weight excluding hydrogens is 509 g/mol. The van der Waals surface area contributed by atoms with Crippen LogP contribution in [0.5, 0.6) is 0 Å². The highest BCUT2D eigenvalue weighted by Crippen LogP contribution is 2.41. The number of halogens is 3. The highest BCUT2D eigenvalue weighted by atomic mass is 19.4. The Balaban J connectivity index is 0.000000532. The van der Waals surface area contributed by atoms with E-state index in [2.05, 4.69) is 77.9 Å². The Morgan fingerprint density at radius 2 is 1.64 bits per heavy atom. The molecule has 1 spiro atoms. The van der Waals surface area contributed by atoms with Crippen LogP contribution >= 0.6 is 0 Å². The van der Waals surface area contributed by atoms with Gasteiger partial charge in [0.2, 0.25) is 5.91 Å². The van der Waals surface area contributed by atoms with Gasteiger partial charge in [0, 0.05) is 31.4 Å². The van der Waals surface area contributed by atoms with Gasteiger partial charge in [-0.3, -0.25) is 4.79 Å². The first-order valence-electron chi connectivity index (χ1n) is 14.2. The van der Waals surface area contributed by atoms with Crippen LogP contribution in [0.3, 0.4) is 0 Å². The number of nitrogens with zero attached hydrogens (tertiary/aromatic N) is 4. The maximum atomic E-state index is 13.8. The van der Waals surface area contributed by atoms with Crippen molar-refractivity contribution >= 4 is 17.6 Å². The number of carboxylic acids is 1. The zero-order valence-corrected chi connectivity index (χ0v) is 23.8. The second-order valence-corrected chi connectivity index (χ2v) is 11.8. The van der Waals surface area contributed by atoms with Gasteiger partial charge in [-0.25, -0.2) is 4.79 Å². The number of anilines is 1. The zero-order valence-electron chi connectivity index (χ0n) is 23.8. The molecule has 1 aromatic carbocycles. The van der Waals surface area contributed by atoms with Gasteiger partial charge < -0.3 is 24.7 Å². The predicted octanol–water partition coefficient (Wildman–Crippen LogP) is 4.93. The summed E-state index contributed by atoms with van der Waals surface area (Å²) in [5.41, 5.74) is 0.840. The van der Waals surface area contributed by atoms with E-state index in [1.807, 2.05) is 0 Å². The Kier molecular flexibility index (Phi) is 10.7. The highest BCUT2D eigenvalue weighted by molar-refractivity contribution is 5.93. The van der Waals surface area contributed by atoms with Crippen LogP contribution in [0.2, 0.25) is 0 Å². The van der Waals surface area contributed by atoms with E-state index in [0.717, 1.165) is 70.0 Å². The van der Waals surface area contributed by atoms with E-state index >= 15 is 0 Å². The molecule has 7 nitrogen and oxygen atoms in total. The van der Waals surface area contributed by atoms with Crippen molar-refractivity contribution in [2.45, 2.75) is 76.6 Å². The molecule has 1 amide bonds. The summed E-state index contributed by atoms with van der Waals surface area (Å²) in [4.78, 5) is 32.2. The van der Waals surface area contributed by atoms with E-state index in [4.69, 9.17) is 9.90 Å². The van der Waals surface area contributed by atoms with E-state index in [-0.39, 0.29) is 5.54 Å². The fourth-order valence-electron chi connectivity index (χ4n) is 6.34. The summed E-state index contributed by atoms with van der Waals surface area (Å²) in [5.74, 6) is -0.673. The maximum absolute atomic E-state index is 13.8. The summed E-state index contributed by atoms with van der Waals surface area (Å²) in [7, 11) is 4.21. The first-order chi connectivity index (χ1) is 18.3. The second kappa shape index (κ2) is 13.4. The summed E-state index contributed by atoms with van der Waals surface area (Å²) in [6.07, 6.45) is 3.27. The summed E-state index contributed by atoms with van der Waals surface area (Å²) >= 11 is 0. The summed E-state index contributed by atoms with van der Waals surface area (Å²) < 4.78 is 31.7. The number of piperidine rings is 1. The average Bonchev–Trinajstić information content (AvgIpc) is 3.15. The van der Waals surface area contributed by atoms with Crippen molar-refractivity contribution in [2.24, 2.45) is 11.8 Å². The Hall–Kier alpha value is -2.33. The minimum atomic E-state index is -5.08. The molecule has 220 valence electrons. The number of hydrogen-bond acceptors (Lipinski definition) is 5. The molecule has 1 N–H and O–H groups in total. The van der Waals surface area contributed by atoms with E-state index in [0.29, 0.717) is 5.91 Å². The van der Waals surface area contributed by atoms with Crippen LogP contribution in [0.15, 0.2) is 30.3 Å². The SMILES string of the molecule is CC(C)C1CCC(N2CCC3(CC2)C(=O)N(CCCN(C)C)CN3c2ccccc2)CC1.O=C(O)C(F)(F)F. The number of amides is 1. The minimum absolute atomic E-state index is 0.356. The molecule has 39 heavy (non-hydrogen) atoms. The standard InChI is InChI=1S/C27H44N4O.C2HF3O2/c1-22(2)23-11-13-24(14-12-23)29-19-15-27(16-20-29)26(32)30(18-8-17-28(3)4)21-31(27)25-9-6-5-7-10-25;3-2(4,5)1(6)7/h5-7,9-10,22-24H,8,11-21H2,1-4H3;(H,6,7). The molecule has 2 heterocycles.